The molecule has 0 saturated carbocycles. The molecule has 2 aromatic rings. The molecule has 0 aliphatic carbocycles. The van der Waals surface area contributed by atoms with E-state index in [1.807, 2.05) is 13.0 Å². The highest BCUT2D eigenvalue weighted by Crippen LogP contribution is 2.28. The Morgan fingerprint density at radius 2 is 1.79 bits per heavy atom. The minimum atomic E-state index is -0.103. The lowest BCUT2D eigenvalue weighted by atomic mass is 9.92. The van der Waals surface area contributed by atoms with Gasteiger partial charge in [-0.15, -0.1) is 0 Å². The summed E-state index contributed by atoms with van der Waals surface area (Å²) >= 11 is 1.53. The molecule has 0 N–H and O–H groups in total. The van der Waals surface area contributed by atoms with Crippen LogP contribution in [0.4, 0.5) is 5.82 Å². The molecule has 0 atom stereocenters. The van der Waals surface area contributed by atoms with E-state index in [0.29, 0.717) is 18.1 Å². The Labute approximate surface area is 172 Å². The summed E-state index contributed by atoms with van der Waals surface area (Å²) in [6, 6.07) is 5.67. The van der Waals surface area contributed by atoms with E-state index in [1.165, 1.54) is 11.8 Å². The molecule has 28 heavy (non-hydrogen) atoms. The predicted octanol–water partition coefficient (Wildman–Crippen LogP) is 4.60. The second-order valence-electron chi connectivity index (χ2n) is 7.69. The van der Waals surface area contributed by atoms with Gasteiger partial charge in [0.25, 0.3) is 5.91 Å². The molecule has 0 fully saturated rings. The third-order valence-electron chi connectivity index (χ3n) is 4.58. The van der Waals surface area contributed by atoms with Crippen molar-refractivity contribution < 1.29 is 9.21 Å². The fourth-order valence-electron chi connectivity index (χ4n) is 2.61. The molecule has 2 rings (SSSR count). The maximum atomic E-state index is 12.2. The summed E-state index contributed by atoms with van der Waals surface area (Å²) in [4.78, 5) is 25.6. The number of carbonyl (C=O) groups excluding carboxylic acids is 1. The van der Waals surface area contributed by atoms with Crippen LogP contribution in [0.1, 0.15) is 63.6 Å². The van der Waals surface area contributed by atoms with E-state index in [0.717, 1.165) is 35.5 Å². The van der Waals surface area contributed by atoms with Crippen molar-refractivity contribution in [2.45, 2.75) is 57.9 Å². The number of carbonyl (C=O) groups is 1. The molecule has 6 nitrogen and oxygen atoms in total. The first-order chi connectivity index (χ1) is 13.2. The molecular weight excluding hydrogens is 372 g/mol. The number of amides is 1. The van der Waals surface area contributed by atoms with Gasteiger partial charge in [0.15, 0.2) is 10.9 Å². The van der Waals surface area contributed by atoms with E-state index in [9.17, 15) is 4.79 Å². The number of anilines is 1. The van der Waals surface area contributed by atoms with Gasteiger partial charge in [0.2, 0.25) is 0 Å². The summed E-state index contributed by atoms with van der Waals surface area (Å²) in [5.41, 5.74) is 0.960. The molecule has 154 valence electrons. The monoisotopic (exact) mass is 404 g/mol. The van der Waals surface area contributed by atoms with E-state index in [1.54, 1.807) is 18.0 Å². The Hall–Kier alpha value is -2.02. The van der Waals surface area contributed by atoms with Gasteiger partial charge in [-0.2, -0.15) is 0 Å². The van der Waals surface area contributed by atoms with E-state index < -0.39 is 0 Å². The predicted molar refractivity (Wildman–Crippen MR) is 115 cm³/mol. The van der Waals surface area contributed by atoms with Crippen LogP contribution in [0.5, 0.6) is 0 Å². The van der Waals surface area contributed by atoms with Gasteiger partial charge in [-0.25, -0.2) is 9.97 Å². The van der Waals surface area contributed by atoms with Crippen molar-refractivity contribution in [3.05, 3.63) is 35.4 Å². The average molecular weight is 405 g/mol. The second kappa shape index (κ2) is 9.45. The second-order valence-corrected chi connectivity index (χ2v) is 8.63. The topological polar surface area (TPSA) is 62.5 Å². The number of aromatic nitrogens is 2. The average Bonchev–Trinajstić information content (AvgIpc) is 3.14. The van der Waals surface area contributed by atoms with Crippen molar-refractivity contribution in [3.63, 3.8) is 0 Å². The third kappa shape index (κ3) is 5.50. The Kier molecular flexibility index (Phi) is 7.52. The molecule has 0 aromatic carbocycles. The van der Waals surface area contributed by atoms with E-state index in [-0.39, 0.29) is 11.3 Å². The van der Waals surface area contributed by atoms with Gasteiger partial charge < -0.3 is 14.2 Å². The summed E-state index contributed by atoms with van der Waals surface area (Å²) in [7, 11) is 1.76. The van der Waals surface area contributed by atoms with Crippen molar-refractivity contribution in [3.8, 4) is 0 Å². The quantitative estimate of drug-likeness (QED) is 0.473. The molecule has 0 unspecified atom stereocenters. The normalized spacial score (nSPS) is 11.5. The van der Waals surface area contributed by atoms with Crippen LogP contribution in [0.25, 0.3) is 0 Å². The molecule has 0 spiro atoms. The van der Waals surface area contributed by atoms with Gasteiger partial charge in [0.1, 0.15) is 11.6 Å². The fraction of sp³-hybridized carbons (Fsp3) is 0.571. The van der Waals surface area contributed by atoms with Gasteiger partial charge in [0.05, 0.1) is 11.4 Å². The SMILES string of the molecule is CCN(C)C(=O)c1ccc(CSc2nc(N(CC)CC)cc(C(C)(C)C)n2)o1. The smallest absolute Gasteiger partial charge is 0.289 e. The van der Waals surface area contributed by atoms with E-state index in [4.69, 9.17) is 14.4 Å². The zero-order valence-electron chi connectivity index (χ0n) is 18.1. The molecule has 0 saturated heterocycles. The first-order valence-corrected chi connectivity index (χ1v) is 10.8. The maximum absolute atomic E-state index is 12.2. The summed E-state index contributed by atoms with van der Waals surface area (Å²) in [5, 5.41) is 0.726. The molecule has 1 amide bonds. The minimum Gasteiger partial charge on any atom is -0.455 e. The van der Waals surface area contributed by atoms with Crippen LogP contribution < -0.4 is 4.90 Å². The van der Waals surface area contributed by atoms with Gasteiger partial charge in [-0.1, -0.05) is 32.5 Å². The van der Waals surface area contributed by atoms with Crippen LogP contribution in [0.2, 0.25) is 0 Å². The van der Waals surface area contributed by atoms with Gasteiger partial charge in [-0.3, -0.25) is 4.79 Å². The van der Waals surface area contributed by atoms with Crippen LogP contribution in [-0.2, 0) is 11.2 Å². The van der Waals surface area contributed by atoms with E-state index >= 15 is 0 Å². The minimum absolute atomic E-state index is 0.0604. The van der Waals surface area contributed by atoms with Crippen molar-refractivity contribution >= 4 is 23.5 Å². The standard InChI is InChI=1S/C21H32N4O2S/c1-8-24(7)19(26)16-12-11-15(27-16)14-28-20-22-17(21(4,5)6)13-18(23-20)25(9-2)10-3/h11-13H,8-10,14H2,1-7H3. The van der Waals surface area contributed by atoms with Gasteiger partial charge in [0, 0.05) is 38.2 Å². The Morgan fingerprint density at radius 3 is 2.36 bits per heavy atom. The van der Waals surface area contributed by atoms with Crippen LogP contribution >= 0.6 is 11.8 Å². The van der Waals surface area contributed by atoms with E-state index in [2.05, 4.69) is 45.6 Å². The number of furan rings is 1. The molecule has 7 heteroatoms. The van der Waals surface area contributed by atoms with Gasteiger partial charge in [-0.05, 0) is 32.9 Å². The first-order valence-electron chi connectivity index (χ1n) is 9.81. The number of nitrogens with zero attached hydrogens (tertiary/aromatic N) is 4. The lowest BCUT2D eigenvalue weighted by Gasteiger charge is -2.24. The fourth-order valence-corrected chi connectivity index (χ4v) is 3.36. The number of thioether (sulfide) groups is 1. The summed E-state index contributed by atoms with van der Waals surface area (Å²) in [5.74, 6) is 2.54. The van der Waals surface area contributed by atoms with Crippen LogP contribution in [-0.4, -0.2) is 47.5 Å². The zero-order chi connectivity index (χ0) is 20.9. The summed E-state index contributed by atoms with van der Waals surface area (Å²) in [6.07, 6.45) is 0. The Bertz CT molecular complexity index is 794. The lowest BCUT2D eigenvalue weighted by Crippen LogP contribution is -2.25. The van der Waals surface area contributed by atoms with Crippen molar-refractivity contribution in [1.82, 2.24) is 14.9 Å². The van der Waals surface area contributed by atoms with Crippen molar-refractivity contribution in [2.24, 2.45) is 0 Å². The number of rotatable bonds is 8. The molecular formula is C21H32N4O2S. The zero-order valence-corrected chi connectivity index (χ0v) is 18.9. The molecule has 0 aliphatic rings. The van der Waals surface area contributed by atoms with Crippen molar-refractivity contribution in [2.75, 3.05) is 31.6 Å². The van der Waals surface area contributed by atoms with Crippen LogP contribution in [0.3, 0.4) is 0 Å². The molecule has 2 heterocycles. The highest BCUT2D eigenvalue weighted by atomic mass is 32.2. The van der Waals surface area contributed by atoms with Crippen LogP contribution in [0, 0.1) is 0 Å². The molecule has 0 radical (unpaired) electrons. The van der Waals surface area contributed by atoms with Crippen LogP contribution in [0.15, 0.2) is 27.8 Å². The molecule has 0 aliphatic heterocycles. The third-order valence-corrected chi connectivity index (χ3v) is 5.45. The molecule has 2 aromatic heterocycles. The Morgan fingerprint density at radius 1 is 1.11 bits per heavy atom. The summed E-state index contributed by atoms with van der Waals surface area (Å²) < 4.78 is 5.73. The maximum Gasteiger partial charge on any atom is 0.289 e. The first kappa shape index (κ1) is 22.3. The number of hydrogen-bond donors (Lipinski definition) is 0. The highest BCUT2D eigenvalue weighted by Gasteiger charge is 2.20. The van der Waals surface area contributed by atoms with Gasteiger partial charge >= 0.3 is 0 Å². The largest absolute Gasteiger partial charge is 0.455 e. The lowest BCUT2D eigenvalue weighted by molar-refractivity contribution is 0.0769. The molecule has 0 bridgehead atoms. The summed E-state index contributed by atoms with van der Waals surface area (Å²) in [6.45, 7) is 15.1. The Balaban J connectivity index is 2.20. The van der Waals surface area contributed by atoms with Crippen molar-refractivity contribution in [1.29, 1.82) is 0 Å². The highest BCUT2D eigenvalue weighted by molar-refractivity contribution is 7.98. The number of hydrogen-bond acceptors (Lipinski definition) is 6.